The highest BCUT2D eigenvalue weighted by molar-refractivity contribution is 5.97. The zero-order valence-corrected chi connectivity index (χ0v) is 13.3. The van der Waals surface area contributed by atoms with Gasteiger partial charge in [-0.2, -0.15) is 5.10 Å². The molecule has 3 N–H and O–H groups in total. The molecule has 0 radical (unpaired) electrons. The molecule has 0 saturated carbocycles. The maximum Gasteiger partial charge on any atom is 0.322 e. The van der Waals surface area contributed by atoms with Crippen molar-refractivity contribution in [1.82, 2.24) is 15.1 Å². The van der Waals surface area contributed by atoms with Gasteiger partial charge in [-0.15, -0.1) is 0 Å². The fraction of sp³-hybridized carbons (Fsp3) is 0.222. The van der Waals surface area contributed by atoms with Gasteiger partial charge >= 0.3 is 6.03 Å². The molecule has 6 nitrogen and oxygen atoms in total. The maximum absolute atomic E-state index is 12.6. The quantitative estimate of drug-likeness (QED) is 0.693. The molecule has 2 amide bonds. The second kappa shape index (κ2) is 5.65. The van der Waals surface area contributed by atoms with Gasteiger partial charge in [-0.25, -0.2) is 4.79 Å². The lowest BCUT2D eigenvalue weighted by Crippen LogP contribution is -2.40. The third-order valence-electron chi connectivity index (χ3n) is 4.71. The van der Waals surface area contributed by atoms with Gasteiger partial charge in [0.15, 0.2) is 0 Å². The third kappa shape index (κ3) is 2.23. The summed E-state index contributed by atoms with van der Waals surface area (Å²) in [4.78, 5) is 14.4. The van der Waals surface area contributed by atoms with Crippen LogP contribution in [0, 0.1) is 0 Å². The largest absolute Gasteiger partial charge is 0.392 e. The van der Waals surface area contributed by atoms with E-state index in [-0.39, 0.29) is 18.7 Å². The van der Waals surface area contributed by atoms with Crippen molar-refractivity contribution in [1.29, 1.82) is 0 Å². The van der Waals surface area contributed by atoms with Crippen LogP contribution < -0.4 is 5.32 Å². The average molecular weight is 322 g/mol. The maximum atomic E-state index is 12.6. The lowest BCUT2D eigenvalue weighted by atomic mass is 9.98. The Morgan fingerprint density at radius 2 is 2.12 bits per heavy atom. The summed E-state index contributed by atoms with van der Waals surface area (Å²) >= 11 is 0. The van der Waals surface area contributed by atoms with E-state index in [0.29, 0.717) is 6.54 Å². The van der Waals surface area contributed by atoms with Crippen LogP contribution in [0.3, 0.4) is 0 Å². The Morgan fingerprint density at radius 3 is 2.88 bits per heavy atom. The molecule has 122 valence electrons. The Hall–Kier alpha value is -2.86. The van der Waals surface area contributed by atoms with E-state index in [9.17, 15) is 9.90 Å². The molecule has 0 spiro atoms. The zero-order valence-electron chi connectivity index (χ0n) is 13.3. The standard InChI is InChI=1S/C18H18N4O2/c1-11(12-5-3-2-4-6-12)22-9-14-15(10-23)13-8-19-21-17(13)7-16(14)20-18(22)24/h2-8,11,23H,9-10H2,1H3,(H,19,21)(H,20,24). The summed E-state index contributed by atoms with van der Waals surface area (Å²) in [7, 11) is 0. The molecule has 6 heteroatoms. The van der Waals surface area contributed by atoms with Gasteiger partial charge in [0.2, 0.25) is 0 Å². The van der Waals surface area contributed by atoms with Gasteiger partial charge < -0.3 is 15.3 Å². The summed E-state index contributed by atoms with van der Waals surface area (Å²) in [6.07, 6.45) is 1.71. The van der Waals surface area contributed by atoms with E-state index in [1.807, 2.05) is 43.3 Å². The molecule has 1 atom stereocenters. The summed E-state index contributed by atoms with van der Waals surface area (Å²) in [5.74, 6) is 0. The molecule has 1 aliphatic heterocycles. The first-order chi connectivity index (χ1) is 11.7. The van der Waals surface area contributed by atoms with Gasteiger partial charge in [-0.1, -0.05) is 30.3 Å². The van der Waals surface area contributed by atoms with Crippen molar-refractivity contribution in [2.45, 2.75) is 26.1 Å². The number of nitrogens with zero attached hydrogens (tertiary/aromatic N) is 2. The molecular formula is C18H18N4O2. The van der Waals surface area contributed by atoms with Gasteiger partial charge in [0.05, 0.1) is 30.9 Å². The van der Waals surface area contributed by atoms with Crippen molar-refractivity contribution in [3.05, 3.63) is 59.3 Å². The normalized spacial score (nSPS) is 15.2. The van der Waals surface area contributed by atoms with Crippen LogP contribution in [-0.4, -0.2) is 26.2 Å². The van der Waals surface area contributed by atoms with Crippen LogP contribution >= 0.6 is 0 Å². The van der Waals surface area contributed by atoms with Crippen LogP contribution in [0.1, 0.15) is 29.7 Å². The van der Waals surface area contributed by atoms with Crippen LogP contribution in [0.25, 0.3) is 10.9 Å². The van der Waals surface area contributed by atoms with Gasteiger partial charge in [-0.05, 0) is 24.1 Å². The number of H-pyrrole nitrogens is 1. The number of aliphatic hydroxyl groups excluding tert-OH is 1. The summed E-state index contributed by atoms with van der Waals surface area (Å²) in [6.45, 7) is 2.37. The number of benzene rings is 2. The van der Waals surface area contributed by atoms with Crippen molar-refractivity contribution in [2.24, 2.45) is 0 Å². The Labute approximate surface area is 139 Å². The second-order valence-corrected chi connectivity index (χ2v) is 6.02. The number of amides is 2. The van der Waals surface area contributed by atoms with Crippen molar-refractivity contribution in [3.8, 4) is 0 Å². The molecule has 24 heavy (non-hydrogen) atoms. The van der Waals surface area contributed by atoms with Gasteiger partial charge in [-0.3, -0.25) is 5.10 Å². The molecule has 1 aromatic heterocycles. The number of hydrogen-bond donors (Lipinski definition) is 3. The molecule has 1 aliphatic rings. The Bertz CT molecular complexity index is 904. The fourth-order valence-corrected chi connectivity index (χ4v) is 3.33. The minimum Gasteiger partial charge on any atom is -0.392 e. The van der Waals surface area contributed by atoms with Crippen molar-refractivity contribution < 1.29 is 9.90 Å². The number of nitrogens with one attached hydrogen (secondary N) is 2. The summed E-state index contributed by atoms with van der Waals surface area (Å²) in [5, 5.41) is 20.6. The molecule has 0 saturated heterocycles. The average Bonchev–Trinajstić information content (AvgIpc) is 3.07. The molecule has 1 unspecified atom stereocenters. The number of aromatic nitrogens is 2. The third-order valence-corrected chi connectivity index (χ3v) is 4.71. The summed E-state index contributed by atoms with van der Waals surface area (Å²) in [5.41, 5.74) is 4.36. The van der Waals surface area contributed by atoms with Crippen LogP contribution in [0.4, 0.5) is 10.5 Å². The molecule has 0 aliphatic carbocycles. The Morgan fingerprint density at radius 1 is 1.33 bits per heavy atom. The van der Waals surface area contributed by atoms with Gasteiger partial charge in [0.25, 0.3) is 0 Å². The predicted octanol–water partition coefficient (Wildman–Crippen LogP) is 3.16. The molecular weight excluding hydrogens is 304 g/mol. The fourth-order valence-electron chi connectivity index (χ4n) is 3.33. The topological polar surface area (TPSA) is 81.2 Å². The second-order valence-electron chi connectivity index (χ2n) is 6.02. The predicted molar refractivity (Wildman–Crippen MR) is 91.4 cm³/mol. The van der Waals surface area contributed by atoms with E-state index >= 15 is 0 Å². The SMILES string of the molecule is CC(c1ccccc1)N1Cc2c(cc3[nH]ncc3c2CO)NC1=O. The van der Waals surface area contributed by atoms with E-state index in [1.165, 1.54) is 0 Å². The number of anilines is 1. The van der Waals surface area contributed by atoms with Crippen LogP contribution in [-0.2, 0) is 13.2 Å². The molecule has 0 fully saturated rings. The highest BCUT2D eigenvalue weighted by Crippen LogP contribution is 2.35. The van der Waals surface area contributed by atoms with Crippen LogP contribution in [0.2, 0.25) is 0 Å². The van der Waals surface area contributed by atoms with E-state index < -0.39 is 0 Å². The van der Waals surface area contributed by atoms with E-state index in [1.54, 1.807) is 11.1 Å². The number of fused-ring (bicyclic) bond motifs is 2. The minimum absolute atomic E-state index is 0.0639. The van der Waals surface area contributed by atoms with Crippen LogP contribution in [0.15, 0.2) is 42.6 Å². The molecule has 2 heterocycles. The lowest BCUT2D eigenvalue weighted by molar-refractivity contribution is 0.185. The molecule has 0 bridgehead atoms. The monoisotopic (exact) mass is 322 g/mol. The Balaban J connectivity index is 1.77. The number of urea groups is 1. The first kappa shape index (κ1) is 14.7. The van der Waals surface area contributed by atoms with Gasteiger partial charge in [0, 0.05) is 16.6 Å². The highest BCUT2D eigenvalue weighted by Gasteiger charge is 2.29. The lowest BCUT2D eigenvalue weighted by Gasteiger charge is -2.35. The number of aromatic amines is 1. The number of hydrogen-bond acceptors (Lipinski definition) is 3. The van der Waals surface area contributed by atoms with Crippen molar-refractivity contribution in [2.75, 3.05) is 5.32 Å². The number of carbonyl (C=O) groups is 1. The van der Waals surface area contributed by atoms with E-state index in [2.05, 4.69) is 15.5 Å². The first-order valence-corrected chi connectivity index (χ1v) is 7.90. The minimum atomic E-state index is -0.137. The Kier molecular flexibility index (Phi) is 3.46. The summed E-state index contributed by atoms with van der Waals surface area (Å²) < 4.78 is 0. The molecule has 3 aromatic rings. The smallest absolute Gasteiger partial charge is 0.322 e. The van der Waals surface area contributed by atoms with E-state index in [4.69, 9.17) is 0 Å². The van der Waals surface area contributed by atoms with Gasteiger partial charge in [0.1, 0.15) is 0 Å². The number of aliphatic hydroxyl groups is 1. The molecule has 4 rings (SSSR count). The zero-order chi connectivity index (χ0) is 16.7. The highest BCUT2D eigenvalue weighted by atomic mass is 16.3. The first-order valence-electron chi connectivity index (χ1n) is 7.90. The number of rotatable bonds is 3. The van der Waals surface area contributed by atoms with Crippen LogP contribution in [0.5, 0.6) is 0 Å². The van der Waals surface area contributed by atoms with Crippen molar-refractivity contribution in [3.63, 3.8) is 0 Å². The summed E-state index contributed by atoms with van der Waals surface area (Å²) in [6, 6.07) is 11.6. The van der Waals surface area contributed by atoms with Crippen molar-refractivity contribution >= 4 is 22.6 Å². The van der Waals surface area contributed by atoms with E-state index in [0.717, 1.165) is 33.3 Å². The number of carbonyl (C=O) groups excluding carboxylic acids is 1. The molecule has 2 aromatic carbocycles.